The van der Waals surface area contributed by atoms with Gasteiger partial charge < -0.3 is 10.1 Å². The molecule has 1 aromatic carbocycles. The van der Waals surface area contributed by atoms with Crippen LogP contribution in [0.15, 0.2) is 36.5 Å². The molecule has 0 aliphatic carbocycles. The number of carbonyl (C=O) groups is 1. The van der Waals surface area contributed by atoms with E-state index in [1.807, 2.05) is 0 Å². The van der Waals surface area contributed by atoms with Crippen LogP contribution in [0.1, 0.15) is 10.4 Å². The van der Waals surface area contributed by atoms with Gasteiger partial charge in [0, 0.05) is 15.2 Å². The second kappa shape index (κ2) is 6.21. The van der Waals surface area contributed by atoms with Crippen molar-refractivity contribution >= 4 is 45.8 Å². The molecule has 1 N–H and O–H groups in total. The van der Waals surface area contributed by atoms with Gasteiger partial charge in [-0.15, -0.1) is 0 Å². The van der Waals surface area contributed by atoms with Gasteiger partial charge in [0.25, 0.3) is 5.91 Å². The molecule has 19 heavy (non-hydrogen) atoms. The van der Waals surface area contributed by atoms with Gasteiger partial charge in [-0.05, 0) is 46.9 Å². The summed E-state index contributed by atoms with van der Waals surface area (Å²) in [7, 11) is 1.54. The normalized spacial score (nSPS) is 10.1. The van der Waals surface area contributed by atoms with Crippen LogP contribution in [0.3, 0.4) is 0 Å². The summed E-state index contributed by atoms with van der Waals surface area (Å²) >= 11 is 8.09. The summed E-state index contributed by atoms with van der Waals surface area (Å²) in [6.45, 7) is 0. The van der Waals surface area contributed by atoms with Crippen LogP contribution in [0.2, 0.25) is 5.02 Å². The zero-order chi connectivity index (χ0) is 13.8. The molecule has 4 nitrogen and oxygen atoms in total. The van der Waals surface area contributed by atoms with E-state index in [1.165, 1.54) is 13.3 Å². The third-order valence-electron chi connectivity index (χ3n) is 2.39. The lowest BCUT2D eigenvalue weighted by Crippen LogP contribution is -2.12. The Balaban J connectivity index is 2.13. The third kappa shape index (κ3) is 3.57. The van der Waals surface area contributed by atoms with Gasteiger partial charge >= 0.3 is 0 Å². The van der Waals surface area contributed by atoms with Crippen molar-refractivity contribution in [2.75, 3.05) is 12.4 Å². The molecule has 0 bridgehead atoms. The first kappa shape index (κ1) is 14.1. The van der Waals surface area contributed by atoms with E-state index in [2.05, 4.69) is 32.9 Å². The second-order valence-electron chi connectivity index (χ2n) is 3.67. The van der Waals surface area contributed by atoms with Crippen LogP contribution in [0, 0.1) is 3.57 Å². The largest absolute Gasteiger partial charge is 0.481 e. The predicted octanol–water partition coefficient (Wildman–Crippen LogP) is 3.60. The van der Waals surface area contributed by atoms with Crippen LogP contribution < -0.4 is 10.1 Å². The Kier molecular flexibility index (Phi) is 4.60. The summed E-state index contributed by atoms with van der Waals surface area (Å²) in [4.78, 5) is 16.0. The average molecular weight is 389 g/mol. The Hall–Kier alpha value is -1.34. The minimum Gasteiger partial charge on any atom is -0.481 e. The van der Waals surface area contributed by atoms with Gasteiger partial charge in [0.1, 0.15) is 0 Å². The zero-order valence-corrected chi connectivity index (χ0v) is 12.9. The molecule has 0 fully saturated rings. The number of ether oxygens (including phenoxy) is 1. The zero-order valence-electron chi connectivity index (χ0n) is 9.98. The van der Waals surface area contributed by atoms with Crippen LogP contribution in [0.5, 0.6) is 5.88 Å². The van der Waals surface area contributed by atoms with Crippen LogP contribution in [0.4, 0.5) is 5.69 Å². The van der Waals surface area contributed by atoms with Crippen molar-refractivity contribution in [3.05, 3.63) is 50.7 Å². The molecule has 0 unspecified atom stereocenters. The van der Waals surface area contributed by atoms with E-state index in [-0.39, 0.29) is 5.91 Å². The Morgan fingerprint density at radius 3 is 2.74 bits per heavy atom. The number of hydrogen-bond donors (Lipinski definition) is 1. The van der Waals surface area contributed by atoms with Gasteiger partial charge in [-0.3, -0.25) is 4.79 Å². The number of methoxy groups -OCH3 is 1. The third-order valence-corrected chi connectivity index (χ3v) is 3.96. The van der Waals surface area contributed by atoms with Crippen molar-refractivity contribution in [1.29, 1.82) is 0 Å². The lowest BCUT2D eigenvalue weighted by atomic mass is 10.2. The van der Waals surface area contributed by atoms with Crippen molar-refractivity contribution in [2.24, 2.45) is 0 Å². The fraction of sp³-hybridized carbons (Fsp3) is 0.0769. The van der Waals surface area contributed by atoms with Crippen molar-refractivity contribution in [3.8, 4) is 5.88 Å². The van der Waals surface area contributed by atoms with Gasteiger partial charge in [-0.25, -0.2) is 4.98 Å². The van der Waals surface area contributed by atoms with Crippen molar-refractivity contribution in [3.63, 3.8) is 0 Å². The highest BCUT2D eigenvalue weighted by Gasteiger charge is 2.08. The summed E-state index contributed by atoms with van der Waals surface area (Å²) in [6, 6.07) is 8.55. The maximum absolute atomic E-state index is 12.0. The van der Waals surface area contributed by atoms with E-state index in [9.17, 15) is 4.79 Å². The van der Waals surface area contributed by atoms with E-state index in [1.54, 1.807) is 30.3 Å². The number of anilines is 1. The molecule has 0 aliphatic rings. The Bertz CT molecular complexity index is 602. The number of aromatic nitrogens is 1. The van der Waals surface area contributed by atoms with Crippen molar-refractivity contribution in [1.82, 2.24) is 4.98 Å². The molecular formula is C13H10ClIN2O2. The van der Waals surface area contributed by atoms with E-state index >= 15 is 0 Å². The van der Waals surface area contributed by atoms with Crippen LogP contribution in [0.25, 0.3) is 0 Å². The van der Waals surface area contributed by atoms with Gasteiger partial charge in [-0.1, -0.05) is 11.6 Å². The Morgan fingerprint density at radius 1 is 1.37 bits per heavy atom. The summed E-state index contributed by atoms with van der Waals surface area (Å²) in [5.41, 5.74) is 1.10. The first-order valence-electron chi connectivity index (χ1n) is 5.36. The smallest absolute Gasteiger partial charge is 0.255 e. The molecule has 2 rings (SSSR count). The number of amides is 1. The molecule has 1 aromatic heterocycles. The molecule has 2 aromatic rings. The molecule has 0 radical (unpaired) electrons. The fourth-order valence-electron chi connectivity index (χ4n) is 1.42. The number of benzene rings is 1. The second-order valence-corrected chi connectivity index (χ2v) is 5.24. The topological polar surface area (TPSA) is 51.2 Å². The van der Waals surface area contributed by atoms with Crippen molar-refractivity contribution < 1.29 is 9.53 Å². The maximum Gasteiger partial charge on any atom is 0.255 e. The number of hydrogen-bond acceptors (Lipinski definition) is 3. The van der Waals surface area contributed by atoms with Crippen molar-refractivity contribution in [2.45, 2.75) is 0 Å². The monoisotopic (exact) mass is 388 g/mol. The lowest BCUT2D eigenvalue weighted by molar-refractivity contribution is 0.102. The molecule has 6 heteroatoms. The van der Waals surface area contributed by atoms with Gasteiger partial charge in [-0.2, -0.15) is 0 Å². The fourth-order valence-corrected chi connectivity index (χ4v) is 1.93. The Labute approximate surface area is 129 Å². The SMILES string of the molecule is COc1ccc(NC(=O)c2ccc(I)c(Cl)c2)cn1. The molecule has 1 amide bonds. The molecule has 0 aliphatic heterocycles. The molecule has 98 valence electrons. The molecular weight excluding hydrogens is 379 g/mol. The number of halogens is 2. The first-order chi connectivity index (χ1) is 9.10. The van der Waals surface area contributed by atoms with E-state index in [4.69, 9.17) is 16.3 Å². The van der Waals surface area contributed by atoms with E-state index in [0.717, 1.165) is 3.57 Å². The van der Waals surface area contributed by atoms with Gasteiger partial charge in [0.2, 0.25) is 5.88 Å². The summed E-state index contributed by atoms with van der Waals surface area (Å²) in [6.07, 6.45) is 1.53. The number of pyridine rings is 1. The lowest BCUT2D eigenvalue weighted by Gasteiger charge is -2.06. The minimum absolute atomic E-state index is 0.231. The number of carbonyl (C=O) groups excluding carboxylic acids is 1. The van der Waals surface area contributed by atoms with Crippen LogP contribution in [-0.4, -0.2) is 18.0 Å². The minimum atomic E-state index is -0.231. The standard InChI is InChI=1S/C13H10ClIN2O2/c1-19-12-5-3-9(7-16-12)17-13(18)8-2-4-11(15)10(14)6-8/h2-7H,1H3,(H,17,18). The highest BCUT2D eigenvalue weighted by Crippen LogP contribution is 2.20. The summed E-state index contributed by atoms with van der Waals surface area (Å²) in [5, 5.41) is 3.29. The average Bonchev–Trinajstić information content (AvgIpc) is 2.42. The van der Waals surface area contributed by atoms with E-state index < -0.39 is 0 Å². The highest BCUT2D eigenvalue weighted by molar-refractivity contribution is 14.1. The number of rotatable bonds is 3. The predicted molar refractivity (Wildman–Crippen MR) is 82.9 cm³/mol. The van der Waals surface area contributed by atoms with Gasteiger partial charge in [0.05, 0.1) is 24.0 Å². The van der Waals surface area contributed by atoms with E-state index in [0.29, 0.717) is 22.2 Å². The molecule has 0 saturated heterocycles. The quantitative estimate of drug-likeness (QED) is 0.818. The maximum atomic E-state index is 12.0. The summed E-state index contributed by atoms with van der Waals surface area (Å²) in [5.74, 6) is 0.264. The molecule has 0 atom stereocenters. The molecule has 0 saturated carbocycles. The van der Waals surface area contributed by atoms with Crippen LogP contribution >= 0.6 is 34.2 Å². The Morgan fingerprint density at radius 2 is 2.16 bits per heavy atom. The summed E-state index contributed by atoms with van der Waals surface area (Å²) < 4.78 is 5.85. The molecule has 0 spiro atoms. The highest BCUT2D eigenvalue weighted by atomic mass is 127. The van der Waals surface area contributed by atoms with Crippen LogP contribution in [-0.2, 0) is 0 Å². The first-order valence-corrected chi connectivity index (χ1v) is 6.82. The van der Waals surface area contributed by atoms with Gasteiger partial charge in [0.15, 0.2) is 0 Å². The number of nitrogens with zero attached hydrogens (tertiary/aromatic N) is 1. The number of nitrogens with one attached hydrogen (secondary N) is 1. The molecule has 1 heterocycles.